The maximum absolute atomic E-state index is 13.7. The molecule has 0 heterocycles. The molecule has 3 unspecified atom stereocenters. The molecule has 0 aliphatic heterocycles. The maximum atomic E-state index is 13.7. The summed E-state index contributed by atoms with van der Waals surface area (Å²) in [7, 11) is 1.48. The first kappa shape index (κ1) is 14.3. The van der Waals surface area contributed by atoms with Crippen molar-refractivity contribution in [3.63, 3.8) is 0 Å². The largest absolute Gasteiger partial charge is 0.494 e. The molecule has 1 aliphatic rings. The highest BCUT2D eigenvalue weighted by Crippen LogP contribution is 2.37. The van der Waals surface area contributed by atoms with Crippen LogP contribution in [0.25, 0.3) is 0 Å². The van der Waals surface area contributed by atoms with Crippen molar-refractivity contribution >= 4 is 0 Å². The molecular weight excluding hydrogens is 241 g/mol. The van der Waals surface area contributed by atoms with Gasteiger partial charge in [0.2, 0.25) is 0 Å². The second-order valence-electron chi connectivity index (χ2n) is 6.16. The Balaban J connectivity index is 2.14. The minimum Gasteiger partial charge on any atom is -0.494 e. The molecular formula is C16H24FNO. The van der Waals surface area contributed by atoms with E-state index in [1.165, 1.54) is 13.5 Å². The van der Waals surface area contributed by atoms with Gasteiger partial charge in [-0.15, -0.1) is 0 Å². The van der Waals surface area contributed by atoms with Crippen LogP contribution in [-0.4, -0.2) is 12.6 Å². The van der Waals surface area contributed by atoms with Crippen molar-refractivity contribution in [2.75, 3.05) is 7.11 Å². The van der Waals surface area contributed by atoms with E-state index in [2.05, 4.69) is 13.8 Å². The summed E-state index contributed by atoms with van der Waals surface area (Å²) in [6.45, 7) is 4.50. The smallest absolute Gasteiger partial charge is 0.165 e. The molecule has 3 heteroatoms. The van der Waals surface area contributed by atoms with Gasteiger partial charge in [0.15, 0.2) is 11.6 Å². The maximum Gasteiger partial charge on any atom is 0.165 e. The molecule has 1 aliphatic carbocycles. The summed E-state index contributed by atoms with van der Waals surface area (Å²) >= 11 is 0. The Labute approximate surface area is 115 Å². The average Bonchev–Trinajstić information content (AvgIpc) is 2.35. The number of hydrogen-bond donors (Lipinski definition) is 1. The number of benzene rings is 1. The number of ether oxygens (including phenoxy) is 1. The lowest BCUT2D eigenvalue weighted by atomic mass is 9.68. The van der Waals surface area contributed by atoms with Crippen LogP contribution in [0.3, 0.4) is 0 Å². The van der Waals surface area contributed by atoms with Gasteiger partial charge >= 0.3 is 0 Å². The van der Waals surface area contributed by atoms with Crippen LogP contribution in [0.2, 0.25) is 0 Å². The number of nitrogens with two attached hydrogens (primary N) is 1. The first-order chi connectivity index (χ1) is 8.94. The van der Waals surface area contributed by atoms with Crippen molar-refractivity contribution in [1.29, 1.82) is 0 Å². The zero-order valence-corrected chi connectivity index (χ0v) is 12.1. The molecule has 1 aromatic carbocycles. The van der Waals surface area contributed by atoms with Gasteiger partial charge in [0, 0.05) is 5.54 Å². The highest BCUT2D eigenvalue weighted by Gasteiger charge is 2.36. The Hall–Kier alpha value is -1.09. The molecule has 0 spiro atoms. The van der Waals surface area contributed by atoms with Gasteiger partial charge in [-0.3, -0.25) is 0 Å². The van der Waals surface area contributed by atoms with Crippen LogP contribution < -0.4 is 10.5 Å². The number of halogens is 1. The molecule has 2 N–H and O–H groups in total. The van der Waals surface area contributed by atoms with Gasteiger partial charge in [-0.05, 0) is 55.2 Å². The molecule has 0 radical (unpaired) electrons. The van der Waals surface area contributed by atoms with Crippen LogP contribution in [0.4, 0.5) is 4.39 Å². The Morgan fingerprint density at radius 3 is 2.74 bits per heavy atom. The van der Waals surface area contributed by atoms with E-state index < -0.39 is 0 Å². The fraction of sp³-hybridized carbons (Fsp3) is 0.625. The van der Waals surface area contributed by atoms with Gasteiger partial charge in [-0.2, -0.15) is 0 Å². The minimum absolute atomic E-state index is 0.201. The van der Waals surface area contributed by atoms with Gasteiger partial charge < -0.3 is 10.5 Å². The lowest BCUT2D eigenvalue weighted by Crippen LogP contribution is -2.51. The molecule has 2 rings (SSSR count). The zero-order chi connectivity index (χ0) is 14.0. The molecule has 19 heavy (non-hydrogen) atoms. The van der Waals surface area contributed by atoms with Crippen molar-refractivity contribution in [2.24, 2.45) is 17.6 Å². The van der Waals surface area contributed by atoms with Gasteiger partial charge in [-0.1, -0.05) is 19.9 Å². The van der Waals surface area contributed by atoms with E-state index in [1.807, 2.05) is 6.07 Å². The molecule has 0 aromatic heterocycles. The molecule has 0 amide bonds. The molecule has 2 nitrogen and oxygen atoms in total. The number of methoxy groups -OCH3 is 1. The second kappa shape index (κ2) is 5.49. The van der Waals surface area contributed by atoms with Crippen molar-refractivity contribution < 1.29 is 9.13 Å². The first-order valence-electron chi connectivity index (χ1n) is 7.06. The van der Waals surface area contributed by atoms with Crippen molar-refractivity contribution in [2.45, 2.75) is 45.1 Å². The van der Waals surface area contributed by atoms with E-state index in [1.54, 1.807) is 12.1 Å². The summed E-state index contributed by atoms with van der Waals surface area (Å²) in [6.07, 6.45) is 4.08. The topological polar surface area (TPSA) is 35.2 Å². The predicted molar refractivity (Wildman–Crippen MR) is 75.8 cm³/mol. The van der Waals surface area contributed by atoms with Crippen LogP contribution in [0.5, 0.6) is 5.75 Å². The quantitative estimate of drug-likeness (QED) is 0.907. The average molecular weight is 265 g/mol. The SMILES string of the molecule is COc1ccc(CC2(N)CCC(C)CC2C)cc1F. The van der Waals surface area contributed by atoms with E-state index >= 15 is 0 Å². The van der Waals surface area contributed by atoms with Crippen LogP contribution in [0.15, 0.2) is 18.2 Å². The van der Waals surface area contributed by atoms with Gasteiger partial charge in [0.1, 0.15) is 0 Å². The minimum atomic E-state index is -0.305. The summed E-state index contributed by atoms with van der Waals surface area (Å²) in [6, 6.07) is 5.16. The van der Waals surface area contributed by atoms with Crippen LogP contribution in [0, 0.1) is 17.7 Å². The lowest BCUT2D eigenvalue weighted by molar-refractivity contribution is 0.163. The van der Waals surface area contributed by atoms with Crippen molar-refractivity contribution in [3.8, 4) is 5.75 Å². The number of hydrogen-bond acceptors (Lipinski definition) is 2. The normalized spacial score (nSPS) is 31.2. The lowest BCUT2D eigenvalue weighted by Gasteiger charge is -2.42. The Kier molecular flexibility index (Phi) is 4.14. The van der Waals surface area contributed by atoms with Gasteiger partial charge in [-0.25, -0.2) is 4.39 Å². The van der Waals surface area contributed by atoms with Gasteiger partial charge in [0.05, 0.1) is 7.11 Å². The fourth-order valence-electron chi connectivity index (χ4n) is 3.18. The molecule has 0 bridgehead atoms. The molecule has 3 atom stereocenters. The first-order valence-corrected chi connectivity index (χ1v) is 7.06. The summed E-state index contributed by atoms with van der Waals surface area (Å²) in [5.41, 5.74) is 7.32. The molecule has 1 fully saturated rings. The molecule has 106 valence electrons. The zero-order valence-electron chi connectivity index (χ0n) is 12.1. The standard InChI is InChI=1S/C16H24FNO/c1-11-6-7-16(18,12(2)8-11)10-13-4-5-15(19-3)14(17)9-13/h4-5,9,11-12H,6-8,10,18H2,1-3H3. The Bertz CT molecular complexity index is 448. The number of rotatable bonds is 3. The summed E-state index contributed by atoms with van der Waals surface area (Å²) in [5, 5.41) is 0. The van der Waals surface area contributed by atoms with Crippen molar-refractivity contribution in [3.05, 3.63) is 29.6 Å². The summed E-state index contributed by atoms with van der Waals surface area (Å²) in [5.74, 6) is 1.21. The third-order valence-electron chi connectivity index (χ3n) is 4.59. The summed E-state index contributed by atoms with van der Waals surface area (Å²) in [4.78, 5) is 0. The monoisotopic (exact) mass is 265 g/mol. The van der Waals surface area contributed by atoms with E-state index in [4.69, 9.17) is 10.5 Å². The second-order valence-corrected chi connectivity index (χ2v) is 6.16. The van der Waals surface area contributed by atoms with Crippen LogP contribution >= 0.6 is 0 Å². The van der Waals surface area contributed by atoms with Crippen LogP contribution in [-0.2, 0) is 6.42 Å². The fourth-order valence-corrected chi connectivity index (χ4v) is 3.18. The van der Waals surface area contributed by atoms with E-state index in [0.717, 1.165) is 30.7 Å². The predicted octanol–water partition coefficient (Wildman–Crippen LogP) is 3.53. The van der Waals surface area contributed by atoms with Crippen molar-refractivity contribution in [1.82, 2.24) is 0 Å². The van der Waals surface area contributed by atoms with Crippen LogP contribution in [0.1, 0.15) is 38.7 Å². The summed E-state index contributed by atoms with van der Waals surface area (Å²) < 4.78 is 18.7. The Morgan fingerprint density at radius 1 is 1.42 bits per heavy atom. The van der Waals surface area contributed by atoms with E-state index in [-0.39, 0.29) is 11.4 Å². The Morgan fingerprint density at radius 2 is 2.16 bits per heavy atom. The molecule has 1 saturated carbocycles. The highest BCUT2D eigenvalue weighted by molar-refractivity contribution is 5.30. The molecule has 0 saturated heterocycles. The highest BCUT2D eigenvalue weighted by atomic mass is 19.1. The third-order valence-corrected chi connectivity index (χ3v) is 4.59. The van der Waals surface area contributed by atoms with E-state index in [0.29, 0.717) is 11.7 Å². The third kappa shape index (κ3) is 3.08. The molecule has 1 aromatic rings. The van der Waals surface area contributed by atoms with E-state index in [9.17, 15) is 4.39 Å². The van der Waals surface area contributed by atoms with Gasteiger partial charge in [0.25, 0.3) is 0 Å².